The van der Waals surface area contributed by atoms with Crippen molar-refractivity contribution in [2.45, 2.75) is 13.3 Å². The van der Waals surface area contributed by atoms with Gasteiger partial charge in [-0.15, -0.1) is 0 Å². The van der Waals surface area contributed by atoms with Gasteiger partial charge in [0.15, 0.2) is 5.11 Å². The number of carbonyl (C=O) groups excluding carboxylic acids is 1. The van der Waals surface area contributed by atoms with Gasteiger partial charge in [-0.25, -0.2) is 4.79 Å². The van der Waals surface area contributed by atoms with Gasteiger partial charge in [0.1, 0.15) is 5.75 Å². The summed E-state index contributed by atoms with van der Waals surface area (Å²) in [7, 11) is 1.27. The fraction of sp³-hybridized carbons (Fsp3) is 0.333. The third-order valence-electron chi connectivity index (χ3n) is 2.00. The molecule has 98 valence electrons. The third kappa shape index (κ3) is 4.58. The molecule has 0 bridgehead atoms. The van der Waals surface area contributed by atoms with Gasteiger partial charge in [-0.3, -0.25) is 5.32 Å². The molecular weight excluding hydrogens is 252 g/mol. The highest BCUT2D eigenvalue weighted by molar-refractivity contribution is 7.80. The van der Waals surface area contributed by atoms with Gasteiger partial charge in [0, 0.05) is 0 Å². The van der Waals surface area contributed by atoms with E-state index in [-0.39, 0.29) is 5.11 Å². The lowest BCUT2D eigenvalue weighted by Crippen LogP contribution is -2.34. The van der Waals surface area contributed by atoms with Gasteiger partial charge in [0.25, 0.3) is 0 Å². The van der Waals surface area contributed by atoms with Crippen LogP contribution in [0.25, 0.3) is 0 Å². The second-order valence-corrected chi connectivity index (χ2v) is 3.82. The summed E-state index contributed by atoms with van der Waals surface area (Å²) in [5, 5.41) is 5.41. The topological polar surface area (TPSA) is 59.6 Å². The van der Waals surface area contributed by atoms with E-state index in [9.17, 15) is 4.79 Å². The first-order valence-electron chi connectivity index (χ1n) is 5.55. The van der Waals surface area contributed by atoms with Gasteiger partial charge in [0.05, 0.1) is 19.4 Å². The van der Waals surface area contributed by atoms with Crippen molar-refractivity contribution in [3.8, 4) is 5.75 Å². The molecule has 2 N–H and O–H groups in total. The first-order valence-corrected chi connectivity index (χ1v) is 5.96. The summed E-state index contributed by atoms with van der Waals surface area (Å²) in [4.78, 5) is 11.0. The van der Waals surface area contributed by atoms with Crippen LogP contribution in [0.2, 0.25) is 0 Å². The molecule has 6 heteroatoms. The highest BCUT2D eigenvalue weighted by atomic mass is 32.1. The van der Waals surface area contributed by atoms with Gasteiger partial charge in [-0.1, -0.05) is 19.1 Å². The zero-order valence-electron chi connectivity index (χ0n) is 10.4. The van der Waals surface area contributed by atoms with Crippen molar-refractivity contribution in [2.75, 3.05) is 19.0 Å². The second-order valence-electron chi connectivity index (χ2n) is 3.42. The van der Waals surface area contributed by atoms with E-state index in [2.05, 4.69) is 15.4 Å². The van der Waals surface area contributed by atoms with E-state index in [1.54, 1.807) is 0 Å². The molecule has 0 radical (unpaired) electrons. The van der Waals surface area contributed by atoms with Gasteiger partial charge >= 0.3 is 6.09 Å². The minimum absolute atomic E-state index is 0.161. The Morgan fingerprint density at radius 3 is 2.78 bits per heavy atom. The Hall–Kier alpha value is -1.82. The molecule has 1 aromatic rings. The zero-order chi connectivity index (χ0) is 13.4. The SMILES string of the molecule is CCCOc1ccccc1NC(=S)NC(=O)OC. The maximum Gasteiger partial charge on any atom is 0.413 e. The highest BCUT2D eigenvalue weighted by Crippen LogP contribution is 2.23. The molecule has 0 fully saturated rings. The van der Waals surface area contributed by atoms with Gasteiger partial charge < -0.3 is 14.8 Å². The maximum absolute atomic E-state index is 11.0. The number of hydrogen-bond donors (Lipinski definition) is 2. The van der Waals surface area contributed by atoms with Crippen molar-refractivity contribution >= 4 is 29.1 Å². The quantitative estimate of drug-likeness (QED) is 0.822. The van der Waals surface area contributed by atoms with E-state index in [0.29, 0.717) is 18.0 Å². The lowest BCUT2D eigenvalue weighted by atomic mass is 10.3. The molecule has 5 nitrogen and oxygen atoms in total. The number of amides is 1. The van der Waals surface area contributed by atoms with Crippen molar-refractivity contribution in [2.24, 2.45) is 0 Å². The third-order valence-corrected chi connectivity index (χ3v) is 2.20. The average Bonchev–Trinajstić information content (AvgIpc) is 2.37. The van der Waals surface area contributed by atoms with E-state index in [4.69, 9.17) is 17.0 Å². The minimum atomic E-state index is -0.612. The number of para-hydroxylation sites is 2. The van der Waals surface area contributed by atoms with Crippen molar-refractivity contribution in [1.29, 1.82) is 0 Å². The van der Waals surface area contributed by atoms with Crippen LogP contribution < -0.4 is 15.4 Å². The first-order chi connectivity index (χ1) is 8.67. The smallest absolute Gasteiger partial charge is 0.413 e. The number of alkyl carbamates (subject to hydrolysis) is 1. The number of benzene rings is 1. The van der Waals surface area contributed by atoms with Gasteiger partial charge in [-0.2, -0.15) is 0 Å². The number of carbonyl (C=O) groups is 1. The maximum atomic E-state index is 11.0. The van der Waals surface area contributed by atoms with Crippen LogP contribution in [0.15, 0.2) is 24.3 Å². The van der Waals surface area contributed by atoms with Crippen LogP contribution in [0.4, 0.5) is 10.5 Å². The largest absolute Gasteiger partial charge is 0.491 e. The summed E-state index contributed by atoms with van der Waals surface area (Å²) in [5.74, 6) is 0.688. The van der Waals surface area contributed by atoms with Crippen LogP contribution in [0.1, 0.15) is 13.3 Å². The van der Waals surface area contributed by atoms with E-state index in [1.165, 1.54) is 7.11 Å². The average molecular weight is 268 g/mol. The lowest BCUT2D eigenvalue weighted by molar-refractivity contribution is 0.177. The van der Waals surface area contributed by atoms with Gasteiger partial charge in [0.2, 0.25) is 0 Å². The van der Waals surface area contributed by atoms with E-state index in [1.807, 2.05) is 31.2 Å². The Bertz CT molecular complexity index is 424. The molecule has 0 aliphatic heterocycles. The molecule has 0 heterocycles. The van der Waals surface area contributed by atoms with Crippen molar-refractivity contribution in [1.82, 2.24) is 5.32 Å². The summed E-state index contributed by atoms with van der Waals surface area (Å²) in [6, 6.07) is 7.36. The van der Waals surface area contributed by atoms with Crippen LogP contribution >= 0.6 is 12.2 Å². The summed E-state index contributed by atoms with van der Waals surface area (Å²) in [6.07, 6.45) is 0.304. The Labute approximate surface area is 111 Å². The van der Waals surface area contributed by atoms with Crippen molar-refractivity contribution in [3.05, 3.63) is 24.3 Å². The number of hydrogen-bond acceptors (Lipinski definition) is 4. The van der Waals surface area contributed by atoms with E-state index >= 15 is 0 Å². The number of rotatable bonds is 4. The van der Waals surface area contributed by atoms with Crippen LogP contribution in [0.3, 0.4) is 0 Å². The monoisotopic (exact) mass is 268 g/mol. The van der Waals surface area contributed by atoms with Crippen molar-refractivity contribution in [3.63, 3.8) is 0 Å². The number of methoxy groups -OCH3 is 1. The van der Waals surface area contributed by atoms with Gasteiger partial charge in [-0.05, 0) is 30.8 Å². The first kappa shape index (κ1) is 14.2. The molecule has 1 amide bonds. The fourth-order valence-electron chi connectivity index (χ4n) is 1.21. The number of anilines is 1. The number of ether oxygens (including phenoxy) is 2. The van der Waals surface area contributed by atoms with Crippen molar-refractivity contribution < 1.29 is 14.3 Å². The lowest BCUT2D eigenvalue weighted by Gasteiger charge is -2.13. The van der Waals surface area contributed by atoms with Crippen LogP contribution in [-0.4, -0.2) is 24.9 Å². The minimum Gasteiger partial charge on any atom is -0.491 e. The van der Waals surface area contributed by atoms with E-state index < -0.39 is 6.09 Å². The molecule has 0 spiro atoms. The van der Waals surface area contributed by atoms with Crippen LogP contribution in [-0.2, 0) is 4.74 Å². The normalized spacial score (nSPS) is 9.44. The predicted molar refractivity (Wildman–Crippen MR) is 74.0 cm³/mol. The molecular formula is C12H16N2O3S. The molecule has 0 atom stereocenters. The second kappa shape index (κ2) is 7.50. The standard InChI is InChI=1S/C12H16N2O3S/c1-3-8-17-10-7-5-4-6-9(10)13-11(18)14-12(15)16-2/h4-7H,3,8H2,1-2H3,(H2,13,14,15,18). The van der Waals surface area contributed by atoms with E-state index in [0.717, 1.165) is 6.42 Å². The molecule has 0 aliphatic carbocycles. The molecule has 1 rings (SSSR count). The molecule has 0 aliphatic rings. The Morgan fingerprint density at radius 2 is 2.11 bits per heavy atom. The van der Waals surface area contributed by atoms with Crippen LogP contribution in [0.5, 0.6) is 5.75 Å². The zero-order valence-corrected chi connectivity index (χ0v) is 11.2. The van der Waals surface area contributed by atoms with Crippen LogP contribution in [0, 0.1) is 0 Å². The highest BCUT2D eigenvalue weighted by Gasteiger charge is 2.07. The Balaban J connectivity index is 2.65. The summed E-state index contributed by atoms with van der Waals surface area (Å²) in [6.45, 7) is 2.65. The fourth-order valence-corrected chi connectivity index (χ4v) is 1.40. The molecule has 0 aromatic heterocycles. The Kier molecular flexibility index (Phi) is 5.93. The molecule has 0 unspecified atom stereocenters. The summed E-state index contributed by atoms with van der Waals surface area (Å²) < 4.78 is 10.00. The predicted octanol–water partition coefficient (Wildman–Crippen LogP) is 2.53. The summed E-state index contributed by atoms with van der Waals surface area (Å²) in [5.41, 5.74) is 0.701. The summed E-state index contributed by atoms with van der Waals surface area (Å²) >= 11 is 4.97. The molecule has 0 saturated heterocycles. The number of thiocarbonyl (C=S) groups is 1. The molecule has 0 saturated carbocycles. The molecule has 1 aromatic carbocycles. The Morgan fingerprint density at radius 1 is 1.39 bits per heavy atom. The molecule has 18 heavy (non-hydrogen) atoms. The number of nitrogens with one attached hydrogen (secondary N) is 2.